The standard InChI is InChI=1S/C18H22F3N5OS/c1-11-8-12(2)15(13(3)9-11)22-14(27)10-25-4-6-26(7-5-25)17-24-23-16(28-17)18(19,20)21/h8-9H,4-7,10H2,1-3H3,(H,22,27). The van der Waals surface area contributed by atoms with Crippen LogP contribution in [0.15, 0.2) is 12.1 Å². The van der Waals surface area contributed by atoms with Crippen molar-refractivity contribution in [2.45, 2.75) is 26.9 Å². The van der Waals surface area contributed by atoms with E-state index >= 15 is 0 Å². The third kappa shape index (κ3) is 4.79. The lowest BCUT2D eigenvalue weighted by Crippen LogP contribution is -2.48. The number of amides is 1. The van der Waals surface area contributed by atoms with Gasteiger partial charge in [-0.3, -0.25) is 9.69 Å². The summed E-state index contributed by atoms with van der Waals surface area (Å²) in [6, 6.07) is 4.05. The lowest BCUT2D eigenvalue weighted by molar-refractivity contribution is -0.138. The van der Waals surface area contributed by atoms with Gasteiger partial charge in [-0.15, -0.1) is 10.2 Å². The zero-order valence-electron chi connectivity index (χ0n) is 15.9. The highest BCUT2D eigenvalue weighted by atomic mass is 32.1. The van der Waals surface area contributed by atoms with E-state index in [1.165, 1.54) is 0 Å². The van der Waals surface area contributed by atoms with E-state index in [0.717, 1.165) is 22.4 Å². The van der Waals surface area contributed by atoms with Crippen molar-refractivity contribution in [3.8, 4) is 0 Å². The maximum absolute atomic E-state index is 12.7. The second kappa shape index (κ2) is 8.04. The fourth-order valence-electron chi connectivity index (χ4n) is 3.31. The molecule has 0 saturated carbocycles. The zero-order chi connectivity index (χ0) is 20.5. The number of piperazine rings is 1. The molecular weight excluding hydrogens is 391 g/mol. The quantitative estimate of drug-likeness (QED) is 0.834. The molecule has 1 aliphatic heterocycles. The van der Waals surface area contributed by atoms with Gasteiger partial charge in [0.05, 0.1) is 6.54 Å². The number of aromatic nitrogens is 2. The topological polar surface area (TPSA) is 61.4 Å². The number of aryl methyl sites for hydroxylation is 3. The molecule has 0 aliphatic carbocycles. The maximum Gasteiger partial charge on any atom is 0.445 e. The lowest BCUT2D eigenvalue weighted by atomic mass is 10.1. The van der Waals surface area contributed by atoms with Crippen molar-refractivity contribution in [2.24, 2.45) is 0 Å². The molecule has 28 heavy (non-hydrogen) atoms. The van der Waals surface area contributed by atoms with Crippen LogP contribution in [0.4, 0.5) is 24.0 Å². The predicted molar refractivity (Wildman–Crippen MR) is 103 cm³/mol. The predicted octanol–water partition coefficient (Wildman–Crippen LogP) is 3.24. The molecule has 2 aromatic rings. The molecule has 1 aliphatic rings. The molecule has 1 amide bonds. The summed E-state index contributed by atoms with van der Waals surface area (Å²) in [5, 5.41) is 9.18. The normalized spacial score (nSPS) is 15.7. The minimum atomic E-state index is -4.47. The van der Waals surface area contributed by atoms with Crippen molar-refractivity contribution >= 4 is 28.1 Å². The average molecular weight is 413 g/mol. The Morgan fingerprint density at radius 2 is 1.71 bits per heavy atom. The first-order chi connectivity index (χ1) is 13.1. The molecular formula is C18H22F3N5OS. The second-order valence-electron chi connectivity index (χ2n) is 6.97. The van der Waals surface area contributed by atoms with Gasteiger partial charge in [-0.05, 0) is 31.9 Å². The van der Waals surface area contributed by atoms with Crippen molar-refractivity contribution in [1.29, 1.82) is 0 Å². The smallest absolute Gasteiger partial charge is 0.344 e. The van der Waals surface area contributed by atoms with E-state index in [1.807, 2.05) is 37.8 Å². The molecule has 3 rings (SSSR count). The van der Waals surface area contributed by atoms with Gasteiger partial charge in [-0.25, -0.2) is 0 Å². The number of carbonyl (C=O) groups excluding carboxylic acids is 1. The first-order valence-electron chi connectivity index (χ1n) is 8.89. The van der Waals surface area contributed by atoms with Crippen molar-refractivity contribution in [2.75, 3.05) is 42.9 Å². The number of hydrogen-bond donors (Lipinski definition) is 1. The molecule has 0 radical (unpaired) electrons. The van der Waals surface area contributed by atoms with Crippen LogP contribution in [0.5, 0.6) is 0 Å². The van der Waals surface area contributed by atoms with Gasteiger partial charge in [0.1, 0.15) is 0 Å². The number of benzene rings is 1. The largest absolute Gasteiger partial charge is 0.445 e. The summed E-state index contributed by atoms with van der Waals surface area (Å²) in [7, 11) is 0. The Kier molecular flexibility index (Phi) is 5.90. The first-order valence-corrected chi connectivity index (χ1v) is 9.71. The van der Waals surface area contributed by atoms with Gasteiger partial charge >= 0.3 is 6.18 Å². The third-order valence-corrected chi connectivity index (χ3v) is 5.64. The highest BCUT2D eigenvalue weighted by Crippen LogP contribution is 2.34. The van der Waals surface area contributed by atoms with E-state index in [0.29, 0.717) is 37.5 Å². The van der Waals surface area contributed by atoms with Crippen molar-refractivity contribution < 1.29 is 18.0 Å². The van der Waals surface area contributed by atoms with Gasteiger partial charge in [0.2, 0.25) is 16.0 Å². The summed E-state index contributed by atoms with van der Waals surface area (Å²) in [5.74, 6) is -0.0984. The number of halogens is 3. The van der Waals surface area contributed by atoms with Crippen LogP contribution in [0.3, 0.4) is 0 Å². The maximum atomic E-state index is 12.7. The summed E-state index contributed by atoms with van der Waals surface area (Å²) in [6.07, 6.45) is -4.47. The Bertz CT molecular complexity index is 836. The summed E-state index contributed by atoms with van der Waals surface area (Å²) < 4.78 is 38.0. The highest BCUT2D eigenvalue weighted by molar-refractivity contribution is 7.15. The molecule has 0 bridgehead atoms. The molecule has 1 fully saturated rings. The van der Waals surface area contributed by atoms with Gasteiger partial charge < -0.3 is 10.2 Å². The molecule has 6 nitrogen and oxygen atoms in total. The van der Waals surface area contributed by atoms with Gasteiger partial charge in [0, 0.05) is 31.9 Å². The molecule has 1 aromatic heterocycles. The molecule has 152 valence electrons. The fraction of sp³-hybridized carbons (Fsp3) is 0.500. The second-order valence-corrected chi connectivity index (χ2v) is 7.93. The number of nitrogens with one attached hydrogen (secondary N) is 1. The van der Waals surface area contributed by atoms with E-state index in [4.69, 9.17) is 0 Å². The van der Waals surface area contributed by atoms with E-state index in [1.54, 1.807) is 4.90 Å². The van der Waals surface area contributed by atoms with E-state index in [-0.39, 0.29) is 17.6 Å². The number of rotatable bonds is 4. The molecule has 10 heteroatoms. The molecule has 1 saturated heterocycles. The molecule has 0 unspecified atom stereocenters. The highest BCUT2D eigenvalue weighted by Gasteiger charge is 2.36. The number of nitrogens with zero attached hydrogens (tertiary/aromatic N) is 4. The summed E-state index contributed by atoms with van der Waals surface area (Å²) in [6.45, 7) is 8.33. The van der Waals surface area contributed by atoms with Crippen molar-refractivity contribution in [1.82, 2.24) is 15.1 Å². The van der Waals surface area contributed by atoms with Gasteiger partial charge in [0.25, 0.3) is 0 Å². The van der Waals surface area contributed by atoms with Crippen LogP contribution in [0.1, 0.15) is 21.7 Å². The van der Waals surface area contributed by atoms with Crippen LogP contribution in [0.25, 0.3) is 0 Å². The summed E-state index contributed by atoms with van der Waals surface area (Å²) in [5.41, 5.74) is 4.03. The minimum Gasteiger partial charge on any atom is -0.344 e. The Labute approximate surface area is 165 Å². The van der Waals surface area contributed by atoms with Crippen molar-refractivity contribution in [3.63, 3.8) is 0 Å². The van der Waals surface area contributed by atoms with Crippen molar-refractivity contribution in [3.05, 3.63) is 33.8 Å². The first kappa shape index (κ1) is 20.5. The van der Waals surface area contributed by atoms with Crippen LogP contribution in [0, 0.1) is 20.8 Å². The van der Waals surface area contributed by atoms with Crippen LogP contribution in [-0.4, -0.2) is 53.7 Å². The molecule has 0 spiro atoms. The van der Waals surface area contributed by atoms with Gasteiger partial charge in [0.15, 0.2) is 0 Å². The Balaban J connectivity index is 1.53. The fourth-order valence-corrected chi connectivity index (χ4v) is 4.08. The molecule has 1 N–H and O–H groups in total. The zero-order valence-corrected chi connectivity index (χ0v) is 16.7. The number of hydrogen-bond acceptors (Lipinski definition) is 6. The average Bonchev–Trinajstić information content (AvgIpc) is 3.09. The number of anilines is 2. The van der Waals surface area contributed by atoms with Crippen LogP contribution in [-0.2, 0) is 11.0 Å². The Hall–Kier alpha value is -2.20. The van der Waals surface area contributed by atoms with E-state index in [9.17, 15) is 18.0 Å². The van der Waals surface area contributed by atoms with Crippen LogP contribution >= 0.6 is 11.3 Å². The van der Waals surface area contributed by atoms with Gasteiger partial charge in [-0.2, -0.15) is 13.2 Å². The Morgan fingerprint density at radius 1 is 1.11 bits per heavy atom. The van der Waals surface area contributed by atoms with Gasteiger partial charge in [-0.1, -0.05) is 29.0 Å². The van der Waals surface area contributed by atoms with Crippen LogP contribution in [0.2, 0.25) is 0 Å². The van der Waals surface area contributed by atoms with E-state index in [2.05, 4.69) is 15.5 Å². The van der Waals surface area contributed by atoms with E-state index < -0.39 is 11.2 Å². The molecule has 0 atom stereocenters. The monoisotopic (exact) mass is 413 g/mol. The number of carbonyl (C=O) groups is 1. The van der Waals surface area contributed by atoms with Crippen LogP contribution < -0.4 is 10.2 Å². The Morgan fingerprint density at radius 3 is 2.25 bits per heavy atom. The summed E-state index contributed by atoms with van der Waals surface area (Å²) >= 11 is 0.548. The third-order valence-electron chi connectivity index (χ3n) is 4.61. The summed E-state index contributed by atoms with van der Waals surface area (Å²) in [4.78, 5) is 16.2. The molecule has 2 heterocycles. The minimum absolute atomic E-state index is 0.0984. The molecule has 1 aromatic carbocycles. The SMILES string of the molecule is Cc1cc(C)c(NC(=O)CN2CCN(c3nnc(C(F)(F)F)s3)CC2)c(C)c1. The number of alkyl halides is 3. The lowest BCUT2D eigenvalue weighted by Gasteiger charge is -2.33.